The first-order valence-electron chi connectivity index (χ1n) is 14.0. The minimum atomic E-state index is -0.620. The monoisotopic (exact) mass is 583 g/mol. The lowest BCUT2D eigenvalue weighted by Gasteiger charge is -2.23. The van der Waals surface area contributed by atoms with Crippen molar-refractivity contribution in [2.75, 3.05) is 48.0 Å². The van der Waals surface area contributed by atoms with Gasteiger partial charge >= 0.3 is 0 Å². The van der Waals surface area contributed by atoms with E-state index in [0.29, 0.717) is 40.5 Å². The maximum absolute atomic E-state index is 13.9. The van der Waals surface area contributed by atoms with Gasteiger partial charge in [0.2, 0.25) is 0 Å². The van der Waals surface area contributed by atoms with Gasteiger partial charge in [-0.1, -0.05) is 24.3 Å². The van der Waals surface area contributed by atoms with Gasteiger partial charge in [0, 0.05) is 54.1 Å². The minimum Gasteiger partial charge on any atom is -0.356 e. The van der Waals surface area contributed by atoms with Gasteiger partial charge in [0.1, 0.15) is 12.5 Å². The van der Waals surface area contributed by atoms with E-state index in [1.165, 1.54) is 11.3 Å². The summed E-state index contributed by atoms with van der Waals surface area (Å²) < 4.78 is 12.6. The Bertz CT molecular complexity index is 1650. The number of thiophene rings is 1. The van der Waals surface area contributed by atoms with Gasteiger partial charge in [0.25, 0.3) is 17.7 Å². The fraction of sp³-hybridized carbons (Fsp3) is 0.250. The summed E-state index contributed by atoms with van der Waals surface area (Å²) in [5.74, 6) is -0.0792. The number of halogens is 1. The normalized spacial score (nSPS) is 14.1. The number of carbonyl (C=O) groups is 3. The number of aromatic nitrogens is 1. The molecule has 4 aromatic rings. The van der Waals surface area contributed by atoms with E-state index in [2.05, 4.69) is 20.5 Å². The zero-order valence-corrected chi connectivity index (χ0v) is 23.8. The summed E-state index contributed by atoms with van der Waals surface area (Å²) in [6, 6.07) is 20.0. The van der Waals surface area contributed by atoms with Crippen LogP contribution in [0.15, 0.2) is 72.9 Å². The maximum Gasteiger partial charge on any atom is 0.261 e. The van der Waals surface area contributed by atoms with Crippen molar-refractivity contribution < 1.29 is 18.8 Å². The van der Waals surface area contributed by atoms with Crippen molar-refractivity contribution in [3.63, 3.8) is 0 Å². The molecule has 1 saturated heterocycles. The third kappa shape index (κ3) is 5.49. The Hall–Kier alpha value is -4.57. The summed E-state index contributed by atoms with van der Waals surface area (Å²) in [6.45, 7) is 1.51. The topological polar surface area (TPSA) is 94.6 Å². The molecule has 2 aromatic carbocycles. The molecule has 0 bridgehead atoms. The number of hydrogen-bond donors (Lipinski definition) is 2. The molecule has 214 valence electrons. The van der Waals surface area contributed by atoms with E-state index in [4.69, 9.17) is 0 Å². The van der Waals surface area contributed by atoms with Crippen LogP contribution in [-0.4, -0.2) is 55.6 Å². The molecule has 4 heterocycles. The highest BCUT2D eigenvalue weighted by Crippen LogP contribution is 2.42. The molecule has 0 unspecified atom stereocenters. The molecule has 1 fully saturated rings. The van der Waals surface area contributed by atoms with Crippen LogP contribution in [0.25, 0.3) is 10.4 Å². The number of fused-ring (bicyclic) bond motifs is 3. The van der Waals surface area contributed by atoms with Gasteiger partial charge in [-0.25, -0.2) is 9.37 Å². The van der Waals surface area contributed by atoms with Crippen molar-refractivity contribution in [3.8, 4) is 10.4 Å². The predicted octanol–water partition coefficient (Wildman–Crippen LogP) is 5.56. The molecule has 2 aromatic heterocycles. The fourth-order valence-corrected chi connectivity index (χ4v) is 6.67. The second kappa shape index (κ2) is 12.1. The summed E-state index contributed by atoms with van der Waals surface area (Å²) in [4.78, 5) is 49.5. The van der Waals surface area contributed by atoms with Crippen LogP contribution in [0.5, 0.6) is 0 Å². The smallest absolute Gasteiger partial charge is 0.261 e. The van der Waals surface area contributed by atoms with E-state index in [0.717, 1.165) is 47.6 Å². The average Bonchev–Trinajstić information content (AvgIpc) is 3.69. The van der Waals surface area contributed by atoms with Gasteiger partial charge in [0.05, 0.1) is 16.1 Å². The van der Waals surface area contributed by atoms with E-state index in [1.807, 2.05) is 30.3 Å². The average molecular weight is 584 g/mol. The highest BCUT2D eigenvalue weighted by atomic mass is 32.1. The first kappa shape index (κ1) is 27.6. The van der Waals surface area contributed by atoms with Crippen LogP contribution in [0.2, 0.25) is 0 Å². The van der Waals surface area contributed by atoms with Crippen LogP contribution in [0.3, 0.4) is 0 Å². The lowest BCUT2D eigenvalue weighted by atomic mass is 10.1. The Kier molecular flexibility index (Phi) is 7.96. The molecule has 3 amide bonds. The molecule has 0 atom stereocenters. The van der Waals surface area contributed by atoms with Crippen LogP contribution < -0.4 is 20.4 Å². The molecule has 2 aliphatic rings. The highest BCUT2D eigenvalue weighted by Gasteiger charge is 2.28. The fourth-order valence-electron chi connectivity index (χ4n) is 5.51. The van der Waals surface area contributed by atoms with Gasteiger partial charge in [-0.2, -0.15) is 0 Å². The number of hydrogen-bond acceptors (Lipinski definition) is 6. The minimum absolute atomic E-state index is 0.0262. The third-order valence-corrected chi connectivity index (χ3v) is 8.72. The standard InChI is InChI=1S/C32H30FN5O3S/c33-13-15-35-31(40)27-20-21-12-18-38(26-11-2-1-9-24(26)28(21)42-27)32(41)22-7-5-8-23(19-22)36-30(39)25-10-6-14-34-29(25)37-16-3-4-17-37/h1-2,5-11,14,19-20H,3-4,12-13,15-18H2,(H,35,40)(H,36,39). The number of pyridine rings is 1. The first-order chi connectivity index (χ1) is 20.5. The van der Waals surface area contributed by atoms with Crippen molar-refractivity contribution in [2.24, 2.45) is 0 Å². The van der Waals surface area contributed by atoms with Crippen LogP contribution >= 0.6 is 11.3 Å². The quantitative estimate of drug-likeness (QED) is 0.297. The van der Waals surface area contributed by atoms with Crippen LogP contribution in [-0.2, 0) is 6.42 Å². The third-order valence-electron chi connectivity index (χ3n) is 7.51. The predicted molar refractivity (Wildman–Crippen MR) is 164 cm³/mol. The zero-order chi connectivity index (χ0) is 29.1. The molecule has 2 aliphatic heterocycles. The number of nitrogens with zero attached hydrogens (tertiary/aromatic N) is 3. The lowest BCUT2D eigenvalue weighted by Crippen LogP contribution is -2.32. The molecule has 0 aliphatic carbocycles. The highest BCUT2D eigenvalue weighted by molar-refractivity contribution is 7.17. The Morgan fingerprint density at radius 2 is 1.76 bits per heavy atom. The van der Waals surface area contributed by atoms with Gasteiger partial charge in [-0.3, -0.25) is 14.4 Å². The summed E-state index contributed by atoms with van der Waals surface area (Å²) in [5.41, 5.74) is 4.06. The maximum atomic E-state index is 13.9. The number of nitrogens with one attached hydrogen (secondary N) is 2. The van der Waals surface area contributed by atoms with Crippen molar-refractivity contribution in [3.05, 3.63) is 94.5 Å². The summed E-state index contributed by atoms with van der Waals surface area (Å²) in [7, 11) is 0. The number of carbonyl (C=O) groups excluding carboxylic acids is 3. The van der Waals surface area contributed by atoms with Crippen LogP contribution in [0.1, 0.15) is 48.8 Å². The van der Waals surface area contributed by atoms with E-state index in [1.54, 1.807) is 47.5 Å². The van der Waals surface area contributed by atoms with Gasteiger partial charge in [-0.15, -0.1) is 11.3 Å². The summed E-state index contributed by atoms with van der Waals surface area (Å²) in [6.07, 6.45) is 4.40. The molecule has 6 rings (SSSR count). The Labute approximate surface area is 247 Å². The number of anilines is 3. The molecule has 0 radical (unpaired) electrons. The van der Waals surface area contributed by atoms with Crippen LogP contribution in [0, 0.1) is 0 Å². The largest absolute Gasteiger partial charge is 0.356 e. The second-order valence-corrected chi connectivity index (χ2v) is 11.3. The molecular weight excluding hydrogens is 553 g/mol. The lowest BCUT2D eigenvalue weighted by molar-refractivity contribution is 0.0952. The van der Waals surface area contributed by atoms with Gasteiger partial charge in [0.15, 0.2) is 0 Å². The number of rotatable bonds is 7. The Balaban J connectivity index is 1.24. The molecule has 2 N–H and O–H groups in total. The zero-order valence-electron chi connectivity index (χ0n) is 22.9. The van der Waals surface area contributed by atoms with Crippen molar-refractivity contribution in [1.29, 1.82) is 0 Å². The Morgan fingerprint density at radius 1 is 0.929 bits per heavy atom. The van der Waals surface area contributed by atoms with Crippen molar-refractivity contribution in [2.45, 2.75) is 19.3 Å². The van der Waals surface area contributed by atoms with Crippen molar-refractivity contribution in [1.82, 2.24) is 10.3 Å². The number of benzene rings is 2. The van der Waals surface area contributed by atoms with Crippen LogP contribution in [0.4, 0.5) is 21.6 Å². The molecule has 42 heavy (non-hydrogen) atoms. The first-order valence-corrected chi connectivity index (χ1v) is 14.8. The molecule has 0 saturated carbocycles. The van der Waals surface area contributed by atoms with E-state index < -0.39 is 6.67 Å². The van der Waals surface area contributed by atoms with E-state index in [9.17, 15) is 18.8 Å². The molecule has 10 heteroatoms. The summed E-state index contributed by atoms with van der Waals surface area (Å²) in [5, 5.41) is 5.55. The number of para-hydroxylation sites is 1. The van der Waals surface area contributed by atoms with Gasteiger partial charge in [-0.05, 0) is 67.3 Å². The number of amides is 3. The molecular formula is C32H30FN5O3S. The number of alkyl halides is 1. The Morgan fingerprint density at radius 3 is 2.60 bits per heavy atom. The van der Waals surface area contributed by atoms with Gasteiger partial charge < -0.3 is 20.4 Å². The second-order valence-electron chi connectivity index (χ2n) is 10.2. The van der Waals surface area contributed by atoms with E-state index >= 15 is 0 Å². The molecule has 0 spiro atoms. The van der Waals surface area contributed by atoms with Crippen molar-refractivity contribution >= 4 is 46.3 Å². The van der Waals surface area contributed by atoms with E-state index in [-0.39, 0.29) is 24.3 Å². The summed E-state index contributed by atoms with van der Waals surface area (Å²) >= 11 is 1.35. The molecule has 8 nitrogen and oxygen atoms in total. The SMILES string of the molecule is O=C(NCCF)c1cc2c(s1)-c1ccccc1N(C(=O)c1cccc(NC(=O)c3cccnc3N3CCCC3)c1)CC2.